The van der Waals surface area contributed by atoms with Gasteiger partial charge in [-0.2, -0.15) is 0 Å². The van der Waals surface area contributed by atoms with Crippen LogP contribution in [0.25, 0.3) is 0 Å². The Labute approximate surface area is 148 Å². The second-order valence-corrected chi connectivity index (χ2v) is 9.19. The minimum absolute atomic E-state index is 0.00369. The fraction of sp³-hybridized carbons (Fsp3) is 0.556. The Hall–Kier alpha value is -1.89. The highest BCUT2D eigenvalue weighted by Gasteiger charge is 2.35. The zero-order valence-electron chi connectivity index (χ0n) is 14.6. The number of hydrogen-bond donors (Lipinski definition) is 0. The molecule has 25 heavy (non-hydrogen) atoms. The maximum absolute atomic E-state index is 12.8. The molecule has 2 atom stereocenters. The van der Waals surface area contributed by atoms with Gasteiger partial charge < -0.3 is 9.80 Å². The van der Waals surface area contributed by atoms with Crippen LogP contribution in [0.4, 0.5) is 5.69 Å². The predicted octanol–water partition coefficient (Wildman–Crippen LogP) is 1.39. The van der Waals surface area contributed by atoms with E-state index in [1.165, 1.54) is 6.92 Å². The summed E-state index contributed by atoms with van der Waals surface area (Å²) in [6.07, 6.45) is 1.49. The summed E-state index contributed by atoms with van der Waals surface area (Å²) in [7, 11) is -3.07. The van der Waals surface area contributed by atoms with Crippen molar-refractivity contribution in [1.82, 2.24) is 4.90 Å². The van der Waals surface area contributed by atoms with Crippen molar-refractivity contribution in [1.29, 1.82) is 0 Å². The fourth-order valence-corrected chi connectivity index (χ4v) is 5.63. The van der Waals surface area contributed by atoms with Crippen LogP contribution in [0, 0.1) is 0 Å². The van der Waals surface area contributed by atoms with E-state index >= 15 is 0 Å². The van der Waals surface area contributed by atoms with Crippen LogP contribution in [0.5, 0.6) is 0 Å². The maximum atomic E-state index is 12.8. The highest BCUT2D eigenvalue weighted by Crippen LogP contribution is 2.32. The zero-order chi connectivity index (χ0) is 18.2. The minimum Gasteiger partial charge on any atom is -0.338 e. The van der Waals surface area contributed by atoms with Gasteiger partial charge in [0, 0.05) is 37.7 Å². The number of para-hydroxylation sites is 1. The molecule has 2 unspecified atom stereocenters. The molecule has 0 aliphatic carbocycles. The van der Waals surface area contributed by atoms with Gasteiger partial charge in [0.2, 0.25) is 11.8 Å². The van der Waals surface area contributed by atoms with E-state index in [2.05, 4.69) is 0 Å². The highest BCUT2D eigenvalue weighted by atomic mass is 32.2. The van der Waals surface area contributed by atoms with E-state index in [0.717, 1.165) is 17.7 Å². The molecule has 1 saturated heterocycles. The van der Waals surface area contributed by atoms with Crippen LogP contribution in [0.15, 0.2) is 24.3 Å². The van der Waals surface area contributed by atoms with Crippen LogP contribution in [-0.2, 0) is 25.8 Å². The van der Waals surface area contributed by atoms with Crippen LogP contribution >= 0.6 is 0 Å². The molecule has 1 aromatic rings. The Morgan fingerprint density at radius 3 is 2.64 bits per heavy atom. The summed E-state index contributed by atoms with van der Waals surface area (Å²) in [6, 6.07) is 7.66. The molecule has 136 valence electrons. The van der Waals surface area contributed by atoms with Crippen LogP contribution in [0.1, 0.15) is 32.3 Å². The first kappa shape index (κ1) is 17.9. The molecule has 1 aromatic carbocycles. The van der Waals surface area contributed by atoms with E-state index in [0.29, 0.717) is 6.42 Å². The fourth-order valence-electron chi connectivity index (χ4n) is 3.90. The molecule has 0 N–H and O–H groups in total. The maximum Gasteiger partial charge on any atom is 0.229 e. The van der Waals surface area contributed by atoms with Gasteiger partial charge in [-0.1, -0.05) is 18.2 Å². The summed E-state index contributed by atoms with van der Waals surface area (Å²) in [5.74, 6) is -0.0790. The van der Waals surface area contributed by atoms with Gasteiger partial charge in [0.15, 0.2) is 9.84 Å². The summed E-state index contributed by atoms with van der Waals surface area (Å²) in [5.41, 5.74) is 2.10. The SMILES string of the molecule is CC(=O)N(CCC(=O)N1c2ccccc2CC1C)C1CCS(=O)(=O)C1. The average Bonchev–Trinajstić information content (AvgIpc) is 3.05. The van der Waals surface area contributed by atoms with Gasteiger partial charge in [0.05, 0.1) is 11.5 Å². The highest BCUT2D eigenvalue weighted by molar-refractivity contribution is 7.91. The molecule has 0 saturated carbocycles. The third-order valence-electron chi connectivity index (χ3n) is 5.10. The molecule has 3 rings (SSSR count). The molecule has 7 heteroatoms. The standard InChI is InChI=1S/C18H24N2O4S/c1-13-11-15-5-3-4-6-17(15)20(13)18(22)7-9-19(14(2)21)16-8-10-25(23,24)12-16/h3-6,13,16H,7-12H2,1-2H3. The lowest BCUT2D eigenvalue weighted by atomic mass is 10.1. The molecule has 6 nitrogen and oxygen atoms in total. The third-order valence-corrected chi connectivity index (χ3v) is 6.85. The molecule has 1 fully saturated rings. The minimum atomic E-state index is -3.07. The molecular weight excluding hydrogens is 340 g/mol. The number of carbonyl (C=O) groups is 2. The van der Waals surface area contributed by atoms with Gasteiger partial charge in [-0.3, -0.25) is 9.59 Å². The molecular formula is C18H24N2O4S. The van der Waals surface area contributed by atoms with Crippen molar-refractivity contribution in [2.45, 2.75) is 45.2 Å². The van der Waals surface area contributed by atoms with Crippen molar-refractivity contribution in [2.24, 2.45) is 0 Å². The molecule has 0 aromatic heterocycles. The quantitative estimate of drug-likeness (QED) is 0.809. The number of nitrogens with zero attached hydrogens (tertiary/aromatic N) is 2. The van der Waals surface area contributed by atoms with Crippen molar-refractivity contribution in [3.63, 3.8) is 0 Å². The van der Waals surface area contributed by atoms with Crippen molar-refractivity contribution < 1.29 is 18.0 Å². The summed E-state index contributed by atoms with van der Waals surface area (Å²) >= 11 is 0. The Morgan fingerprint density at radius 2 is 2.00 bits per heavy atom. The van der Waals surface area contributed by atoms with Gasteiger partial charge in [0.25, 0.3) is 0 Å². The van der Waals surface area contributed by atoms with Crippen molar-refractivity contribution >= 4 is 27.3 Å². The molecule has 2 aliphatic heterocycles. The number of sulfone groups is 1. The average molecular weight is 364 g/mol. The number of amides is 2. The van der Waals surface area contributed by atoms with Crippen molar-refractivity contribution in [3.8, 4) is 0 Å². The van der Waals surface area contributed by atoms with E-state index in [4.69, 9.17) is 0 Å². The third kappa shape index (κ3) is 3.71. The van der Waals surface area contributed by atoms with E-state index in [-0.39, 0.29) is 48.4 Å². The molecule has 0 bridgehead atoms. The summed E-state index contributed by atoms with van der Waals surface area (Å²) < 4.78 is 23.4. The Balaban J connectivity index is 1.67. The summed E-state index contributed by atoms with van der Waals surface area (Å²) in [5, 5.41) is 0. The first-order valence-corrected chi connectivity index (χ1v) is 10.5. The molecule has 2 aliphatic rings. The lowest BCUT2D eigenvalue weighted by Crippen LogP contribution is -2.43. The van der Waals surface area contributed by atoms with Gasteiger partial charge in [-0.25, -0.2) is 8.42 Å². The van der Waals surface area contributed by atoms with E-state index < -0.39 is 9.84 Å². The number of benzene rings is 1. The van der Waals surface area contributed by atoms with Crippen LogP contribution < -0.4 is 4.90 Å². The summed E-state index contributed by atoms with van der Waals surface area (Å²) in [4.78, 5) is 28.1. The van der Waals surface area contributed by atoms with Crippen molar-refractivity contribution in [3.05, 3.63) is 29.8 Å². The van der Waals surface area contributed by atoms with Gasteiger partial charge in [-0.15, -0.1) is 0 Å². The second-order valence-electron chi connectivity index (χ2n) is 6.96. The monoisotopic (exact) mass is 364 g/mol. The van der Waals surface area contributed by atoms with E-state index in [9.17, 15) is 18.0 Å². The normalized spacial score (nSPS) is 24.2. The number of hydrogen-bond acceptors (Lipinski definition) is 4. The molecule has 0 radical (unpaired) electrons. The van der Waals surface area contributed by atoms with Gasteiger partial charge in [0.1, 0.15) is 0 Å². The van der Waals surface area contributed by atoms with Crippen LogP contribution in [-0.4, -0.2) is 55.3 Å². The Morgan fingerprint density at radius 1 is 1.28 bits per heavy atom. The first-order chi connectivity index (χ1) is 11.8. The smallest absolute Gasteiger partial charge is 0.229 e. The first-order valence-electron chi connectivity index (χ1n) is 8.66. The van der Waals surface area contributed by atoms with Crippen molar-refractivity contribution in [2.75, 3.05) is 23.0 Å². The number of rotatable bonds is 4. The molecule has 2 amide bonds. The number of fused-ring (bicyclic) bond motifs is 1. The Kier molecular flexibility index (Phi) is 4.86. The molecule has 0 spiro atoms. The predicted molar refractivity (Wildman–Crippen MR) is 96.2 cm³/mol. The van der Waals surface area contributed by atoms with Gasteiger partial charge >= 0.3 is 0 Å². The van der Waals surface area contributed by atoms with Crippen LogP contribution in [0.2, 0.25) is 0 Å². The van der Waals surface area contributed by atoms with E-state index in [1.54, 1.807) is 9.80 Å². The molecule has 2 heterocycles. The lowest BCUT2D eigenvalue weighted by molar-refractivity contribution is -0.131. The Bertz CT molecular complexity index is 790. The van der Waals surface area contributed by atoms with Gasteiger partial charge in [-0.05, 0) is 31.4 Å². The largest absolute Gasteiger partial charge is 0.338 e. The zero-order valence-corrected chi connectivity index (χ0v) is 15.5. The number of carbonyl (C=O) groups excluding carboxylic acids is 2. The topological polar surface area (TPSA) is 74.8 Å². The second kappa shape index (κ2) is 6.78. The number of anilines is 1. The lowest BCUT2D eigenvalue weighted by Gasteiger charge is -2.29. The van der Waals surface area contributed by atoms with Crippen LogP contribution in [0.3, 0.4) is 0 Å². The summed E-state index contributed by atoms with van der Waals surface area (Å²) in [6.45, 7) is 3.72. The van der Waals surface area contributed by atoms with E-state index in [1.807, 2.05) is 31.2 Å².